The predicted octanol–water partition coefficient (Wildman–Crippen LogP) is -12.8. The van der Waals surface area contributed by atoms with Gasteiger partial charge in [-0.1, -0.05) is 0 Å². The van der Waals surface area contributed by atoms with Gasteiger partial charge in [-0.2, -0.15) is 0 Å². The van der Waals surface area contributed by atoms with Gasteiger partial charge in [0.25, 0.3) is 0 Å². The van der Waals surface area contributed by atoms with E-state index in [1.165, 1.54) is 0 Å². The summed E-state index contributed by atoms with van der Waals surface area (Å²) in [6.07, 6.45) is 0. The Morgan fingerprint density at radius 2 is 0.155 bits per heavy atom. The normalized spacial score (nSPS) is 4.97. The van der Waals surface area contributed by atoms with Crippen molar-refractivity contribution in [3.63, 3.8) is 0 Å². The van der Waals surface area contributed by atoms with Crippen LogP contribution in [0.4, 0.5) is 0 Å². The zero-order valence-corrected chi connectivity index (χ0v) is 51.5. The van der Waals surface area contributed by atoms with Gasteiger partial charge in [0, 0.05) is 193 Å². The van der Waals surface area contributed by atoms with Crippen LogP contribution in [0.1, 0.15) is 111 Å². The van der Waals surface area contributed by atoms with Crippen molar-refractivity contribution in [3.8, 4) is 0 Å². The average molecular weight is 1120 g/mol. The molecule has 0 fully saturated rings. The van der Waals surface area contributed by atoms with E-state index in [1.54, 1.807) is 111 Å². The minimum Gasteiger partial charge on any atom is -1.00 e. The molecule has 0 heterocycles. The van der Waals surface area contributed by atoms with Gasteiger partial charge in [-0.05, 0) is 111 Å². The number of halogens is 4. The van der Waals surface area contributed by atoms with Crippen molar-refractivity contribution in [2.75, 3.05) is 106 Å². The van der Waals surface area contributed by atoms with Crippen molar-refractivity contribution in [2.45, 2.75) is 111 Å². The molecular weight excluding hydrogens is 1020 g/mol. The summed E-state index contributed by atoms with van der Waals surface area (Å²) in [5, 5.41) is 121. The van der Waals surface area contributed by atoms with Gasteiger partial charge in [0.15, 0.2) is 0 Å². The second kappa shape index (κ2) is 525. The van der Waals surface area contributed by atoms with Crippen LogP contribution in [0.2, 0.25) is 0 Å². The molecule has 0 aromatic rings. The fraction of sp³-hybridized carbons (Fsp3) is 1.00. The molecule has 0 unspecified atom stereocenters. The van der Waals surface area contributed by atoms with Gasteiger partial charge in [0.2, 0.25) is 0 Å². The standard InChI is InChI=1S/16C2H6O.4ClH.2Mg.4Ti/c16*1-2-3;;;;;;;;;;/h16*3H,2H2,1H3;4*1H;;;;;;/q;;;;;;;;;;;;;;;;;;;;2*+2;;;;/p-4. The van der Waals surface area contributed by atoms with Crippen LogP contribution >= 0.6 is 0 Å². The van der Waals surface area contributed by atoms with Gasteiger partial charge < -0.3 is 131 Å². The van der Waals surface area contributed by atoms with E-state index in [1.807, 2.05) is 0 Å². The maximum Gasteiger partial charge on any atom is 2.00 e. The van der Waals surface area contributed by atoms with Crippen molar-refractivity contribution in [1.29, 1.82) is 0 Å². The van der Waals surface area contributed by atoms with Crippen LogP contribution in [0, 0.1) is 0 Å². The van der Waals surface area contributed by atoms with Crippen LogP contribution in [0.3, 0.4) is 0 Å². The Labute approximate surface area is 475 Å². The summed E-state index contributed by atoms with van der Waals surface area (Å²) in [6, 6.07) is 0. The molecule has 0 amide bonds. The van der Waals surface area contributed by atoms with Crippen LogP contribution in [0.25, 0.3) is 0 Å². The first-order chi connectivity index (χ1) is 22.6. The molecule has 0 spiro atoms. The van der Waals surface area contributed by atoms with Crippen molar-refractivity contribution >= 4 is 46.1 Å². The van der Waals surface area contributed by atoms with Crippen LogP contribution in [0.5, 0.6) is 0 Å². The molecule has 0 aliphatic rings. The summed E-state index contributed by atoms with van der Waals surface area (Å²) >= 11 is 0. The number of aliphatic hydroxyl groups excluding tert-OH is 16. The van der Waals surface area contributed by atoms with Gasteiger partial charge in [-0.15, -0.1) is 0 Å². The van der Waals surface area contributed by atoms with Crippen LogP contribution in [-0.2, 0) is 86.9 Å². The molecule has 0 radical (unpaired) electrons. The second-order valence-corrected chi connectivity index (χ2v) is 5.06. The maximum absolute atomic E-state index is 7.57. The van der Waals surface area contributed by atoms with Crippen molar-refractivity contribution < 1.29 is 218 Å². The Morgan fingerprint density at radius 1 is 0.155 bits per heavy atom. The first-order valence-electron chi connectivity index (χ1n) is 16.4. The third kappa shape index (κ3) is 9070. The molecule has 16 nitrogen and oxygen atoms in total. The van der Waals surface area contributed by atoms with E-state index in [4.69, 9.17) is 81.7 Å². The molecule has 0 rings (SSSR count). The Hall–Kier alpha value is 4.91. The zero-order chi connectivity index (χ0) is 43.3. The van der Waals surface area contributed by atoms with Crippen molar-refractivity contribution in [2.24, 2.45) is 0 Å². The molecule has 0 aliphatic heterocycles. The summed E-state index contributed by atoms with van der Waals surface area (Å²) in [7, 11) is 0. The van der Waals surface area contributed by atoms with E-state index < -0.39 is 0 Å². The van der Waals surface area contributed by atoms with E-state index in [0.29, 0.717) is 0 Å². The fourth-order valence-electron chi connectivity index (χ4n) is 0. The van der Waals surface area contributed by atoms with Gasteiger partial charge in [-0.25, -0.2) is 0 Å². The molecule has 0 aromatic carbocycles. The molecule has 0 aromatic heterocycles. The summed E-state index contributed by atoms with van der Waals surface area (Å²) < 4.78 is 0. The predicted molar refractivity (Wildman–Crippen MR) is 216 cm³/mol. The summed E-state index contributed by atoms with van der Waals surface area (Å²) in [4.78, 5) is 0. The van der Waals surface area contributed by atoms with Crippen LogP contribution < -0.4 is 49.6 Å². The molecular formula is C32H96Cl4Mg2O16Ti4. The van der Waals surface area contributed by atoms with Gasteiger partial charge in [0.05, 0.1) is 0 Å². The fourth-order valence-corrected chi connectivity index (χ4v) is 0. The first kappa shape index (κ1) is 177. The molecule has 0 saturated heterocycles. The zero-order valence-electron chi connectivity index (χ0n) is 39.4. The van der Waals surface area contributed by atoms with E-state index in [9.17, 15) is 0 Å². The maximum atomic E-state index is 7.57. The number of hydrogen-bond acceptors (Lipinski definition) is 16. The molecule has 58 heavy (non-hydrogen) atoms. The van der Waals surface area contributed by atoms with Crippen LogP contribution in [-0.4, -0.2) is 234 Å². The number of hydrogen-bond donors (Lipinski definition) is 16. The Balaban J connectivity index is -0.00000000776. The number of rotatable bonds is 0. The smallest absolute Gasteiger partial charge is 1.00 e. The third-order valence-electron chi connectivity index (χ3n) is 0. The Kier molecular flexibility index (Phi) is 1600. The van der Waals surface area contributed by atoms with Crippen LogP contribution in [0.15, 0.2) is 0 Å². The molecule has 16 N–H and O–H groups in total. The van der Waals surface area contributed by atoms with Crippen molar-refractivity contribution in [3.05, 3.63) is 0 Å². The second-order valence-electron chi connectivity index (χ2n) is 5.06. The minimum atomic E-state index is 0. The molecule has 368 valence electrons. The molecule has 0 saturated carbocycles. The van der Waals surface area contributed by atoms with Crippen molar-refractivity contribution in [1.82, 2.24) is 0 Å². The quantitative estimate of drug-likeness (QED) is 0.100. The monoisotopic (exact) mass is 1120 g/mol. The number of aliphatic hydroxyl groups is 16. The Morgan fingerprint density at radius 3 is 0.155 bits per heavy atom. The topological polar surface area (TPSA) is 324 Å². The molecule has 0 bridgehead atoms. The summed E-state index contributed by atoms with van der Waals surface area (Å²) in [5.41, 5.74) is 0. The minimum absolute atomic E-state index is 0. The third-order valence-corrected chi connectivity index (χ3v) is 0. The molecule has 0 atom stereocenters. The summed E-state index contributed by atoms with van der Waals surface area (Å²) in [5.74, 6) is 0. The average Bonchev–Trinajstić information content (AvgIpc) is 2.96. The van der Waals surface area contributed by atoms with E-state index in [2.05, 4.69) is 0 Å². The SMILES string of the molecule is CCO.CCO.CCO.CCO.CCO.CCO.CCO.CCO.CCO.CCO.CCO.CCO.CCO.CCO.CCO.CCO.[Cl-].[Cl-].[Cl-].[Cl-].[Mg+2].[Mg+2].[Ti].[Ti].[Ti].[Ti]. The molecule has 26 heteroatoms. The van der Waals surface area contributed by atoms with Gasteiger partial charge >= 0.3 is 46.1 Å². The Bertz CT molecular complexity index is 162. The van der Waals surface area contributed by atoms with E-state index >= 15 is 0 Å². The summed E-state index contributed by atoms with van der Waals surface area (Å²) in [6.45, 7) is 30.9. The van der Waals surface area contributed by atoms with E-state index in [0.717, 1.165) is 0 Å². The first-order valence-corrected chi connectivity index (χ1v) is 16.4. The largest absolute Gasteiger partial charge is 2.00 e. The van der Waals surface area contributed by atoms with Gasteiger partial charge in [-0.3, -0.25) is 0 Å². The van der Waals surface area contributed by atoms with Gasteiger partial charge in [0.1, 0.15) is 0 Å². The van der Waals surface area contributed by atoms with E-state index in [-0.39, 0.29) is 288 Å². The molecule has 0 aliphatic carbocycles.